The van der Waals surface area contributed by atoms with Crippen molar-refractivity contribution in [3.63, 3.8) is 0 Å². The lowest BCUT2D eigenvalue weighted by Crippen LogP contribution is -2.00. The number of nitrogens with two attached hydrogens (primary N) is 1. The third kappa shape index (κ3) is 3.29. The summed E-state index contributed by atoms with van der Waals surface area (Å²) in [4.78, 5) is 13.3. The maximum absolute atomic E-state index is 6.40. The maximum atomic E-state index is 6.40. The molecule has 0 fully saturated rings. The van der Waals surface area contributed by atoms with E-state index in [0.717, 1.165) is 33.7 Å². The predicted octanol–water partition coefficient (Wildman–Crippen LogP) is 4.48. The highest BCUT2D eigenvalue weighted by molar-refractivity contribution is 6.35. The zero-order chi connectivity index (χ0) is 18.8. The van der Waals surface area contributed by atoms with Crippen LogP contribution in [-0.2, 0) is 0 Å². The molecular weight excluding hydrogens is 360 g/mol. The molecule has 1 aromatic carbocycles. The molecule has 0 saturated heterocycles. The normalized spacial score (nSPS) is 13.6. The molecule has 0 saturated carbocycles. The number of pyridine rings is 2. The maximum Gasteiger partial charge on any atom is 0.166 e. The van der Waals surface area contributed by atoms with Crippen molar-refractivity contribution in [1.29, 1.82) is 0 Å². The second-order valence-electron chi connectivity index (χ2n) is 6.09. The van der Waals surface area contributed by atoms with Gasteiger partial charge in [0.25, 0.3) is 0 Å². The van der Waals surface area contributed by atoms with E-state index in [-0.39, 0.29) is 0 Å². The van der Waals surface area contributed by atoms with Crippen molar-refractivity contribution in [1.82, 2.24) is 9.97 Å². The first-order chi connectivity index (χ1) is 13.2. The van der Waals surface area contributed by atoms with E-state index >= 15 is 0 Å². The van der Waals surface area contributed by atoms with Crippen molar-refractivity contribution in [2.45, 2.75) is 6.42 Å². The van der Waals surface area contributed by atoms with Crippen LogP contribution in [0.5, 0.6) is 5.75 Å². The molecular formula is C21H17ClN4O. The number of aromatic nitrogens is 2. The third-order valence-corrected chi connectivity index (χ3v) is 4.80. The van der Waals surface area contributed by atoms with Crippen molar-refractivity contribution in [2.24, 2.45) is 4.99 Å². The first-order valence-corrected chi connectivity index (χ1v) is 8.81. The molecule has 27 heavy (non-hydrogen) atoms. The molecule has 5 nitrogen and oxygen atoms in total. The van der Waals surface area contributed by atoms with E-state index in [1.165, 1.54) is 0 Å². The minimum atomic E-state index is 0.359. The van der Waals surface area contributed by atoms with E-state index in [2.05, 4.69) is 9.97 Å². The Balaban J connectivity index is 1.84. The largest absolute Gasteiger partial charge is 0.493 e. The van der Waals surface area contributed by atoms with Gasteiger partial charge in [-0.15, -0.1) is 0 Å². The van der Waals surface area contributed by atoms with Gasteiger partial charge in [0.15, 0.2) is 11.6 Å². The van der Waals surface area contributed by atoms with Crippen LogP contribution in [0.3, 0.4) is 0 Å². The Morgan fingerprint density at radius 2 is 1.85 bits per heavy atom. The lowest BCUT2D eigenvalue weighted by Gasteiger charge is -2.10. The number of halogens is 1. The van der Waals surface area contributed by atoms with Gasteiger partial charge in [-0.25, -0.2) is 4.98 Å². The first-order valence-electron chi connectivity index (χ1n) is 8.43. The number of rotatable bonds is 4. The van der Waals surface area contributed by atoms with E-state index in [4.69, 9.17) is 27.1 Å². The van der Waals surface area contributed by atoms with Gasteiger partial charge < -0.3 is 10.5 Å². The lowest BCUT2D eigenvalue weighted by atomic mass is 9.97. The van der Waals surface area contributed by atoms with Crippen LogP contribution in [0.1, 0.15) is 23.1 Å². The van der Waals surface area contributed by atoms with Crippen LogP contribution in [-0.4, -0.2) is 22.8 Å². The third-order valence-electron chi connectivity index (χ3n) is 4.47. The fourth-order valence-electron chi connectivity index (χ4n) is 3.11. The van der Waals surface area contributed by atoms with E-state index in [1.807, 2.05) is 42.5 Å². The Hall–Kier alpha value is -3.18. The van der Waals surface area contributed by atoms with E-state index in [9.17, 15) is 0 Å². The number of benzene rings is 1. The fourth-order valence-corrected chi connectivity index (χ4v) is 3.36. The van der Waals surface area contributed by atoms with E-state index in [0.29, 0.717) is 23.0 Å². The summed E-state index contributed by atoms with van der Waals surface area (Å²) in [7, 11) is 1.58. The van der Waals surface area contributed by atoms with Crippen molar-refractivity contribution in [3.8, 4) is 5.75 Å². The first kappa shape index (κ1) is 17.2. The van der Waals surface area contributed by atoms with Gasteiger partial charge in [0, 0.05) is 46.7 Å². The number of aliphatic imine (C=N–C) groups is 1. The number of nitrogen functional groups attached to an aromatic ring is 1. The topological polar surface area (TPSA) is 73.4 Å². The van der Waals surface area contributed by atoms with Crippen LogP contribution in [0.25, 0.3) is 11.3 Å². The second-order valence-corrected chi connectivity index (χ2v) is 6.50. The number of hydrogen-bond donors (Lipinski definition) is 1. The van der Waals surface area contributed by atoms with Crippen LogP contribution < -0.4 is 10.5 Å². The minimum absolute atomic E-state index is 0.359. The van der Waals surface area contributed by atoms with Gasteiger partial charge in [-0.05, 0) is 29.8 Å². The highest BCUT2D eigenvalue weighted by atomic mass is 35.5. The Morgan fingerprint density at radius 3 is 2.59 bits per heavy atom. The summed E-state index contributed by atoms with van der Waals surface area (Å²) < 4.78 is 5.34. The van der Waals surface area contributed by atoms with Gasteiger partial charge in [-0.3, -0.25) is 9.98 Å². The van der Waals surface area contributed by atoms with Gasteiger partial charge in [0.05, 0.1) is 18.5 Å². The lowest BCUT2D eigenvalue weighted by molar-refractivity contribution is 0.415. The van der Waals surface area contributed by atoms with Crippen LogP contribution in [0, 0.1) is 0 Å². The minimum Gasteiger partial charge on any atom is -0.493 e. The number of methoxy groups -OCH3 is 1. The number of nitrogens with zero attached hydrogens (tertiary/aromatic N) is 3. The summed E-state index contributed by atoms with van der Waals surface area (Å²) in [6.45, 7) is 0. The molecule has 134 valence electrons. The van der Waals surface area contributed by atoms with Crippen LogP contribution in [0.4, 0.5) is 5.82 Å². The van der Waals surface area contributed by atoms with Crippen molar-refractivity contribution < 1.29 is 4.74 Å². The molecule has 2 N–H and O–H groups in total. The molecule has 0 unspecified atom stereocenters. The zero-order valence-electron chi connectivity index (χ0n) is 14.7. The van der Waals surface area contributed by atoms with Gasteiger partial charge in [0.1, 0.15) is 0 Å². The number of ether oxygens (including phenoxy) is 1. The standard InChI is InChI=1S/C21H17ClN4O/c1-27-19-10-14(12-25-21(19)23)16-11-18(15-4-2-3-5-17(15)22)26-20(16)13-6-8-24-9-7-13/h2-10,12H,11H2,1H3,(H2,23,25). The van der Waals surface area contributed by atoms with E-state index < -0.39 is 0 Å². The van der Waals surface area contributed by atoms with Crippen LogP contribution >= 0.6 is 11.6 Å². The zero-order valence-corrected chi connectivity index (χ0v) is 15.4. The quantitative estimate of drug-likeness (QED) is 0.728. The smallest absolute Gasteiger partial charge is 0.166 e. The Kier molecular flexibility index (Phi) is 4.60. The molecule has 6 heteroatoms. The van der Waals surface area contributed by atoms with Crippen LogP contribution in [0.2, 0.25) is 5.02 Å². The van der Waals surface area contributed by atoms with Gasteiger partial charge in [-0.1, -0.05) is 29.8 Å². The summed E-state index contributed by atoms with van der Waals surface area (Å²) in [5, 5.41) is 0.680. The van der Waals surface area contributed by atoms with Gasteiger partial charge in [-0.2, -0.15) is 0 Å². The van der Waals surface area contributed by atoms with Crippen molar-refractivity contribution in [3.05, 3.63) is 82.8 Å². The number of allylic oxidation sites excluding steroid dienone is 1. The van der Waals surface area contributed by atoms with Crippen LogP contribution in [0.15, 0.2) is 66.0 Å². The number of hydrogen-bond acceptors (Lipinski definition) is 5. The molecule has 3 aromatic rings. The molecule has 1 aliphatic rings. The Bertz CT molecular complexity index is 1060. The molecule has 0 bridgehead atoms. The number of anilines is 1. The molecule has 0 spiro atoms. The highest BCUT2D eigenvalue weighted by Crippen LogP contribution is 2.39. The Morgan fingerprint density at radius 1 is 1.07 bits per heavy atom. The second kappa shape index (κ2) is 7.21. The molecule has 1 aliphatic heterocycles. The average molecular weight is 377 g/mol. The SMILES string of the molecule is COc1cc(C2=C(c3ccncc3)N=C(c3ccccc3Cl)C2)cnc1N. The summed E-state index contributed by atoms with van der Waals surface area (Å²) in [6.07, 6.45) is 5.89. The van der Waals surface area contributed by atoms with Crippen molar-refractivity contribution in [2.75, 3.05) is 12.8 Å². The summed E-state index contributed by atoms with van der Waals surface area (Å²) in [5.74, 6) is 0.901. The molecule has 0 aliphatic carbocycles. The summed E-state index contributed by atoms with van der Waals surface area (Å²) >= 11 is 6.40. The molecule has 4 rings (SSSR count). The molecule has 0 radical (unpaired) electrons. The van der Waals surface area contributed by atoms with E-state index in [1.54, 1.807) is 25.7 Å². The van der Waals surface area contributed by atoms with Gasteiger partial charge in [0.2, 0.25) is 0 Å². The average Bonchev–Trinajstić information content (AvgIpc) is 3.14. The van der Waals surface area contributed by atoms with Crippen molar-refractivity contribution >= 4 is 34.4 Å². The highest BCUT2D eigenvalue weighted by Gasteiger charge is 2.24. The molecule has 0 atom stereocenters. The predicted molar refractivity (Wildman–Crippen MR) is 109 cm³/mol. The molecule has 2 aromatic heterocycles. The fraction of sp³-hybridized carbons (Fsp3) is 0.0952. The monoisotopic (exact) mass is 376 g/mol. The summed E-state index contributed by atoms with van der Waals surface area (Å²) in [6, 6.07) is 13.5. The molecule has 0 amide bonds. The summed E-state index contributed by atoms with van der Waals surface area (Å²) in [5.41, 5.74) is 11.5. The van der Waals surface area contributed by atoms with Gasteiger partial charge >= 0.3 is 0 Å². The Labute approximate surface area is 162 Å². The molecule has 3 heterocycles.